The minimum absolute atomic E-state index is 0.0212. The summed E-state index contributed by atoms with van der Waals surface area (Å²) in [6, 6.07) is 0.581. The van der Waals surface area contributed by atoms with Crippen molar-refractivity contribution in [2.45, 2.75) is 31.7 Å². The first-order valence-corrected chi connectivity index (χ1v) is 5.12. The lowest BCUT2D eigenvalue weighted by molar-refractivity contribution is -0.146. The van der Waals surface area contributed by atoms with Crippen LogP contribution in [0.3, 0.4) is 0 Å². The normalized spacial score (nSPS) is 34.2. The third-order valence-corrected chi connectivity index (χ3v) is 3.16. The van der Waals surface area contributed by atoms with Gasteiger partial charge in [0.2, 0.25) is 0 Å². The predicted octanol–water partition coefficient (Wildman–Crippen LogP) is 0.938. The van der Waals surface area contributed by atoms with E-state index in [4.69, 9.17) is 4.74 Å². The molecule has 1 heterocycles. The molecule has 0 bridgehead atoms. The Labute approximate surface area is 78.8 Å². The minimum Gasteiger partial charge on any atom is -0.469 e. The topological polar surface area (TPSA) is 38.3 Å². The zero-order chi connectivity index (χ0) is 9.26. The maximum atomic E-state index is 11.3. The molecule has 3 nitrogen and oxygen atoms in total. The molecule has 13 heavy (non-hydrogen) atoms. The summed E-state index contributed by atoms with van der Waals surface area (Å²) in [7, 11) is 1.48. The van der Waals surface area contributed by atoms with Gasteiger partial charge in [0.1, 0.15) is 0 Å². The number of piperidine rings is 1. The largest absolute Gasteiger partial charge is 0.469 e. The third-order valence-electron chi connectivity index (χ3n) is 3.16. The van der Waals surface area contributed by atoms with Gasteiger partial charge in [-0.1, -0.05) is 0 Å². The fourth-order valence-corrected chi connectivity index (χ4v) is 2.19. The Balaban J connectivity index is 1.87. The van der Waals surface area contributed by atoms with E-state index in [2.05, 4.69) is 5.32 Å². The Morgan fingerprint density at radius 2 is 2.15 bits per heavy atom. The molecule has 1 N–H and O–H groups in total. The van der Waals surface area contributed by atoms with Crippen molar-refractivity contribution in [1.29, 1.82) is 0 Å². The summed E-state index contributed by atoms with van der Waals surface area (Å²) >= 11 is 0. The quantitative estimate of drug-likeness (QED) is 0.647. The van der Waals surface area contributed by atoms with E-state index in [9.17, 15) is 4.79 Å². The number of methoxy groups -OCH3 is 1. The first kappa shape index (κ1) is 9.00. The number of hydrogen-bond donors (Lipinski definition) is 1. The van der Waals surface area contributed by atoms with Gasteiger partial charge in [0.15, 0.2) is 0 Å². The summed E-state index contributed by atoms with van der Waals surface area (Å²) in [4.78, 5) is 11.3. The second kappa shape index (κ2) is 3.66. The number of esters is 1. The smallest absolute Gasteiger partial charge is 0.308 e. The van der Waals surface area contributed by atoms with Gasteiger partial charge in [0.05, 0.1) is 13.0 Å². The van der Waals surface area contributed by atoms with Gasteiger partial charge in [-0.2, -0.15) is 0 Å². The van der Waals surface area contributed by atoms with Gasteiger partial charge in [-0.25, -0.2) is 0 Å². The van der Waals surface area contributed by atoms with Gasteiger partial charge in [-0.3, -0.25) is 4.79 Å². The van der Waals surface area contributed by atoms with Crippen molar-refractivity contribution in [3.63, 3.8) is 0 Å². The van der Waals surface area contributed by atoms with E-state index in [0.717, 1.165) is 25.3 Å². The first-order valence-electron chi connectivity index (χ1n) is 5.12. The van der Waals surface area contributed by atoms with Crippen LogP contribution in [0.15, 0.2) is 0 Å². The van der Waals surface area contributed by atoms with Crippen LogP contribution in [-0.2, 0) is 9.53 Å². The molecule has 2 unspecified atom stereocenters. The molecule has 0 radical (unpaired) electrons. The Morgan fingerprint density at radius 1 is 1.38 bits per heavy atom. The molecule has 1 aliphatic carbocycles. The zero-order valence-corrected chi connectivity index (χ0v) is 8.08. The maximum absolute atomic E-state index is 11.3. The van der Waals surface area contributed by atoms with E-state index >= 15 is 0 Å². The highest BCUT2D eigenvalue weighted by Crippen LogP contribution is 2.37. The van der Waals surface area contributed by atoms with Crippen molar-refractivity contribution in [1.82, 2.24) is 5.32 Å². The Morgan fingerprint density at radius 3 is 2.77 bits per heavy atom. The van der Waals surface area contributed by atoms with Gasteiger partial charge in [-0.15, -0.1) is 0 Å². The summed E-state index contributed by atoms with van der Waals surface area (Å²) in [5.41, 5.74) is 0. The van der Waals surface area contributed by atoms with E-state index in [1.165, 1.54) is 20.0 Å². The van der Waals surface area contributed by atoms with Gasteiger partial charge in [0, 0.05) is 6.04 Å². The summed E-state index contributed by atoms with van der Waals surface area (Å²) in [6.07, 6.45) is 4.60. The van der Waals surface area contributed by atoms with Crippen LogP contribution in [0.25, 0.3) is 0 Å². The molecule has 0 aromatic heterocycles. The Kier molecular flexibility index (Phi) is 2.54. The van der Waals surface area contributed by atoms with E-state index in [-0.39, 0.29) is 11.9 Å². The Hall–Kier alpha value is -0.570. The molecule has 1 saturated heterocycles. The summed E-state index contributed by atoms with van der Waals surface area (Å²) in [5.74, 6) is 0.969. The molecular weight excluding hydrogens is 166 g/mol. The van der Waals surface area contributed by atoms with Crippen molar-refractivity contribution in [3.8, 4) is 0 Å². The highest BCUT2D eigenvalue weighted by molar-refractivity contribution is 5.72. The van der Waals surface area contributed by atoms with Crippen LogP contribution in [0.4, 0.5) is 0 Å². The molecule has 1 aliphatic heterocycles. The SMILES string of the molecule is COC(=O)C1CCNC(C2CC2)C1. The average Bonchev–Trinajstić information content (AvgIpc) is 3.00. The molecular formula is C10H17NO2. The maximum Gasteiger partial charge on any atom is 0.308 e. The van der Waals surface area contributed by atoms with Crippen LogP contribution < -0.4 is 5.32 Å². The van der Waals surface area contributed by atoms with Gasteiger partial charge < -0.3 is 10.1 Å². The van der Waals surface area contributed by atoms with E-state index in [0.29, 0.717) is 6.04 Å². The average molecular weight is 183 g/mol. The molecule has 2 rings (SSSR count). The first-order chi connectivity index (χ1) is 6.31. The van der Waals surface area contributed by atoms with Crippen molar-refractivity contribution < 1.29 is 9.53 Å². The monoisotopic (exact) mass is 183 g/mol. The molecule has 3 heteroatoms. The van der Waals surface area contributed by atoms with Gasteiger partial charge >= 0.3 is 5.97 Å². The number of hydrogen-bond acceptors (Lipinski definition) is 3. The standard InChI is InChI=1S/C10H17NO2/c1-13-10(12)8-4-5-11-9(6-8)7-2-3-7/h7-9,11H,2-6H2,1H3. The van der Waals surface area contributed by atoms with Gasteiger partial charge in [-0.05, 0) is 38.1 Å². The molecule has 0 aromatic rings. The lowest BCUT2D eigenvalue weighted by atomic mass is 9.90. The minimum atomic E-state index is -0.0212. The van der Waals surface area contributed by atoms with Crippen molar-refractivity contribution in [3.05, 3.63) is 0 Å². The van der Waals surface area contributed by atoms with Crippen LogP contribution in [0, 0.1) is 11.8 Å². The van der Waals surface area contributed by atoms with E-state index in [1.807, 2.05) is 0 Å². The van der Waals surface area contributed by atoms with Crippen LogP contribution >= 0.6 is 0 Å². The predicted molar refractivity (Wildman–Crippen MR) is 49.3 cm³/mol. The second-order valence-corrected chi connectivity index (χ2v) is 4.14. The molecule has 0 spiro atoms. The lowest BCUT2D eigenvalue weighted by Gasteiger charge is -2.28. The zero-order valence-electron chi connectivity index (χ0n) is 8.08. The molecule has 0 amide bonds. The highest BCUT2D eigenvalue weighted by Gasteiger charge is 2.36. The van der Waals surface area contributed by atoms with Crippen LogP contribution in [-0.4, -0.2) is 25.7 Å². The van der Waals surface area contributed by atoms with Crippen LogP contribution in [0.5, 0.6) is 0 Å². The molecule has 2 fully saturated rings. The third kappa shape index (κ3) is 2.02. The number of nitrogens with one attached hydrogen (secondary N) is 1. The fraction of sp³-hybridized carbons (Fsp3) is 0.900. The molecule has 0 aromatic carbocycles. The summed E-state index contributed by atoms with van der Waals surface area (Å²) in [5, 5.41) is 3.48. The highest BCUT2D eigenvalue weighted by atomic mass is 16.5. The van der Waals surface area contributed by atoms with E-state index < -0.39 is 0 Å². The molecule has 2 atom stereocenters. The summed E-state index contributed by atoms with van der Waals surface area (Å²) in [6.45, 7) is 0.973. The lowest BCUT2D eigenvalue weighted by Crippen LogP contribution is -2.42. The number of rotatable bonds is 2. The van der Waals surface area contributed by atoms with Crippen LogP contribution in [0.2, 0.25) is 0 Å². The number of carbonyl (C=O) groups is 1. The second-order valence-electron chi connectivity index (χ2n) is 4.14. The van der Waals surface area contributed by atoms with Crippen molar-refractivity contribution in [2.24, 2.45) is 11.8 Å². The van der Waals surface area contributed by atoms with Crippen molar-refractivity contribution in [2.75, 3.05) is 13.7 Å². The van der Waals surface area contributed by atoms with Gasteiger partial charge in [0.25, 0.3) is 0 Å². The fourth-order valence-electron chi connectivity index (χ4n) is 2.19. The number of carbonyl (C=O) groups excluding carboxylic acids is 1. The molecule has 74 valence electrons. The molecule has 1 saturated carbocycles. The van der Waals surface area contributed by atoms with Crippen LogP contribution in [0.1, 0.15) is 25.7 Å². The van der Waals surface area contributed by atoms with E-state index in [1.54, 1.807) is 0 Å². The Bertz CT molecular complexity index is 201. The summed E-state index contributed by atoms with van der Waals surface area (Å²) < 4.78 is 4.77. The van der Waals surface area contributed by atoms with Crippen molar-refractivity contribution >= 4 is 5.97 Å². The molecule has 2 aliphatic rings. The number of ether oxygens (including phenoxy) is 1.